The predicted molar refractivity (Wildman–Crippen MR) is 99.9 cm³/mol. The van der Waals surface area contributed by atoms with Crippen LogP contribution >= 0.6 is 0 Å². The highest BCUT2D eigenvalue weighted by Crippen LogP contribution is 2.32. The molecule has 3 aliphatic rings. The van der Waals surface area contributed by atoms with E-state index in [9.17, 15) is 14.7 Å². The van der Waals surface area contributed by atoms with E-state index < -0.39 is 6.10 Å². The predicted octanol–water partition coefficient (Wildman–Crippen LogP) is 1.47. The number of hydrogen-bond donors (Lipinski definition) is 3. The van der Waals surface area contributed by atoms with Crippen molar-refractivity contribution in [1.29, 1.82) is 0 Å². The summed E-state index contributed by atoms with van der Waals surface area (Å²) in [6.07, 6.45) is 4.69. The maximum Gasteiger partial charge on any atom is 0.226 e. The molecule has 146 valence electrons. The quantitative estimate of drug-likeness (QED) is 0.730. The van der Waals surface area contributed by atoms with Gasteiger partial charge >= 0.3 is 0 Å². The fourth-order valence-electron chi connectivity index (χ4n) is 4.60. The summed E-state index contributed by atoms with van der Waals surface area (Å²) in [6.45, 7) is 0.828. The SMILES string of the molecule is O=C(NC[C@@H]1C[C@H](C(=O)N[C@@H]2c3ccccc3C[C@@H]2O)CO1)C1CCCC1. The Morgan fingerprint density at radius 1 is 1.11 bits per heavy atom. The first-order valence-electron chi connectivity index (χ1n) is 10.1. The average molecular weight is 372 g/mol. The van der Waals surface area contributed by atoms with Crippen molar-refractivity contribution in [2.24, 2.45) is 11.8 Å². The normalized spacial score (nSPS) is 30.3. The van der Waals surface area contributed by atoms with Crippen molar-refractivity contribution in [3.63, 3.8) is 0 Å². The van der Waals surface area contributed by atoms with Gasteiger partial charge in [0.25, 0.3) is 0 Å². The van der Waals surface area contributed by atoms with Crippen LogP contribution in [0.4, 0.5) is 0 Å². The molecule has 6 nitrogen and oxygen atoms in total. The zero-order valence-corrected chi connectivity index (χ0v) is 15.5. The Morgan fingerprint density at radius 3 is 2.70 bits per heavy atom. The Balaban J connectivity index is 1.26. The van der Waals surface area contributed by atoms with Gasteiger partial charge in [-0.15, -0.1) is 0 Å². The van der Waals surface area contributed by atoms with Crippen LogP contribution in [0.5, 0.6) is 0 Å². The molecule has 27 heavy (non-hydrogen) atoms. The van der Waals surface area contributed by atoms with Gasteiger partial charge in [-0.2, -0.15) is 0 Å². The molecule has 2 aliphatic carbocycles. The Hall–Kier alpha value is -1.92. The molecule has 1 aromatic rings. The van der Waals surface area contributed by atoms with Crippen LogP contribution in [0.2, 0.25) is 0 Å². The third-order valence-corrected chi connectivity index (χ3v) is 6.18. The van der Waals surface area contributed by atoms with E-state index in [0.717, 1.165) is 36.8 Å². The molecule has 3 N–H and O–H groups in total. The first-order chi connectivity index (χ1) is 13.1. The molecule has 2 amide bonds. The molecule has 0 radical (unpaired) electrons. The number of hydrogen-bond acceptors (Lipinski definition) is 4. The van der Waals surface area contributed by atoms with Crippen LogP contribution in [0.3, 0.4) is 0 Å². The van der Waals surface area contributed by atoms with E-state index >= 15 is 0 Å². The highest BCUT2D eigenvalue weighted by atomic mass is 16.5. The molecule has 1 saturated heterocycles. The summed E-state index contributed by atoms with van der Waals surface area (Å²) in [7, 11) is 0. The van der Waals surface area contributed by atoms with E-state index in [-0.39, 0.29) is 35.8 Å². The molecule has 0 bridgehead atoms. The summed E-state index contributed by atoms with van der Waals surface area (Å²) in [5.74, 6) is -0.0529. The van der Waals surface area contributed by atoms with Gasteiger partial charge in [0.2, 0.25) is 11.8 Å². The first kappa shape index (κ1) is 18.4. The summed E-state index contributed by atoms with van der Waals surface area (Å²) in [5.41, 5.74) is 2.09. The number of benzene rings is 1. The third-order valence-electron chi connectivity index (χ3n) is 6.18. The molecule has 2 fully saturated rings. The summed E-state index contributed by atoms with van der Waals surface area (Å²) in [4.78, 5) is 24.8. The maximum absolute atomic E-state index is 12.7. The zero-order valence-electron chi connectivity index (χ0n) is 15.5. The maximum atomic E-state index is 12.7. The van der Waals surface area contributed by atoms with Gasteiger partial charge in [-0.05, 0) is 30.4 Å². The van der Waals surface area contributed by atoms with Gasteiger partial charge in [-0.25, -0.2) is 0 Å². The second-order valence-corrected chi connectivity index (χ2v) is 8.07. The van der Waals surface area contributed by atoms with E-state index in [1.54, 1.807) is 0 Å². The first-order valence-corrected chi connectivity index (χ1v) is 10.1. The number of carbonyl (C=O) groups is 2. The molecule has 1 aromatic carbocycles. The number of rotatable bonds is 5. The largest absolute Gasteiger partial charge is 0.390 e. The van der Waals surface area contributed by atoms with Crippen molar-refractivity contribution >= 4 is 11.8 Å². The minimum Gasteiger partial charge on any atom is -0.390 e. The van der Waals surface area contributed by atoms with Crippen LogP contribution in [0, 0.1) is 11.8 Å². The number of nitrogens with one attached hydrogen (secondary N) is 2. The lowest BCUT2D eigenvalue weighted by Crippen LogP contribution is -2.38. The molecule has 1 aliphatic heterocycles. The number of amides is 2. The number of carbonyl (C=O) groups excluding carboxylic acids is 2. The molecular formula is C21H28N2O4. The molecule has 0 unspecified atom stereocenters. The lowest BCUT2D eigenvalue weighted by molar-refractivity contribution is -0.126. The van der Waals surface area contributed by atoms with Gasteiger partial charge in [-0.3, -0.25) is 9.59 Å². The Bertz CT molecular complexity index is 701. The molecule has 4 rings (SSSR count). The lowest BCUT2D eigenvalue weighted by atomic mass is 10.0. The Kier molecular flexibility index (Phi) is 5.45. The van der Waals surface area contributed by atoms with E-state index in [2.05, 4.69) is 10.6 Å². The van der Waals surface area contributed by atoms with Gasteiger partial charge in [-0.1, -0.05) is 37.1 Å². The van der Waals surface area contributed by atoms with Crippen molar-refractivity contribution in [2.45, 2.75) is 56.8 Å². The second-order valence-electron chi connectivity index (χ2n) is 8.07. The standard InChI is InChI=1S/C21H28N2O4/c24-18-10-14-7-3-4-8-17(14)19(18)23-21(26)15-9-16(27-12-15)11-22-20(25)13-5-1-2-6-13/h3-4,7-8,13,15-16,18-19,24H,1-2,5-6,9-12H2,(H,22,25)(H,23,26)/t15-,16-,18-,19+/m0/s1. The van der Waals surface area contributed by atoms with Crippen LogP contribution in [0.15, 0.2) is 24.3 Å². The molecule has 1 heterocycles. The highest BCUT2D eigenvalue weighted by molar-refractivity contribution is 5.80. The molecule has 4 atom stereocenters. The van der Waals surface area contributed by atoms with Gasteiger partial charge in [0.05, 0.1) is 30.8 Å². The molecule has 6 heteroatoms. The molecule has 0 spiro atoms. The van der Waals surface area contributed by atoms with E-state index in [0.29, 0.717) is 26.0 Å². The monoisotopic (exact) mass is 372 g/mol. The minimum absolute atomic E-state index is 0.0830. The number of aliphatic hydroxyl groups excluding tert-OH is 1. The zero-order chi connectivity index (χ0) is 18.8. The van der Waals surface area contributed by atoms with Crippen molar-refractivity contribution in [3.8, 4) is 0 Å². The Labute approximate surface area is 159 Å². The minimum atomic E-state index is -0.588. The molecule has 0 aromatic heterocycles. The average Bonchev–Trinajstić information content (AvgIpc) is 3.41. The Morgan fingerprint density at radius 2 is 1.89 bits per heavy atom. The van der Waals surface area contributed by atoms with Gasteiger partial charge in [0, 0.05) is 18.9 Å². The smallest absolute Gasteiger partial charge is 0.226 e. The van der Waals surface area contributed by atoms with Crippen LogP contribution in [-0.2, 0) is 20.7 Å². The van der Waals surface area contributed by atoms with Crippen molar-refractivity contribution in [3.05, 3.63) is 35.4 Å². The summed E-state index contributed by atoms with van der Waals surface area (Å²) < 4.78 is 5.72. The van der Waals surface area contributed by atoms with Gasteiger partial charge < -0.3 is 20.5 Å². The molecule has 1 saturated carbocycles. The van der Waals surface area contributed by atoms with Crippen molar-refractivity contribution in [1.82, 2.24) is 10.6 Å². The van der Waals surface area contributed by atoms with Crippen LogP contribution in [-0.4, -0.2) is 42.3 Å². The van der Waals surface area contributed by atoms with Crippen LogP contribution < -0.4 is 10.6 Å². The fraction of sp³-hybridized carbons (Fsp3) is 0.619. The van der Waals surface area contributed by atoms with Crippen LogP contribution in [0.25, 0.3) is 0 Å². The number of fused-ring (bicyclic) bond motifs is 1. The van der Waals surface area contributed by atoms with Gasteiger partial charge in [0.1, 0.15) is 0 Å². The third kappa shape index (κ3) is 4.01. The molecular weight excluding hydrogens is 344 g/mol. The second kappa shape index (κ2) is 7.98. The number of ether oxygens (including phenoxy) is 1. The van der Waals surface area contributed by atoms with E-state index in [1.807, 2.05) is 24.3 Å². The lowest BCUT2D eigenvalue weighted by Gasteiger charge is -2.20. The summed E-state index contributed by atoms with van der Waals surface area (Å²) in [5, 5.41) is 16.3. The highest BCUT2D eigenvalue weighted by Gasteiger charge is 2.36. The fourth-order valence-corrected chi connectivity index (χ4v) is 4.60. The van der Waals surface area contributed by atoms with E-state index in [1.165, 1.54) is 0 Å². The van der Waals surface area contributed by atoms with E-state index in [4.69, 9.17) is 4.74 Å². The van der Waals surface area contributed by atoms with Crippen molar-refractivity contribution < 1.29 is 19.4 Å². The van der Waals surface area contributed by atoms with Crippen LogP contribution in [0.1, 0.15) is 49.3 Å². The topological polar surface area (TPSA) is 87.7 Å². The van der Waals surface area contributed by atoms with Crippen molar-refractivity contribution in [2.75, 3.05) is 13.2 Å². The number of aliphatic hydroxyl groups is 1. The summed E-state index contributed by atoms with van der Waals surface area (Å²) in [6, 6.07) is 7.48. The van der Waals surface area contributed by atoms with Gasteiger partial charge in [0.15, 0.2) is 0 Å². The summed E-state index contributed by atoms with van der Waals surface area (Å²) >= 11 is 0.